The van der Waals surface area contributed by atoms with Gasteiger partial charge >= 0.3 is 5.97 Å². The number of carbonyl (C=O) groups excluding carboxylic acids is 1. The number of aliphatic hydroxyl groups excluding tert-OH is 4. The molecule has 5 atom stereocenters. The highest BCUT2D eigenvalue weighted by atomic mass is 16.7. The van der Waals surface area contributed by atoms with Crippen LogP contribution in [0, 0.1) is 0 Å². The average molecular weight is 370 g/mol. The molecule has 0 spiro atoms. The van der Waals surface area contributed by atoms with Crippen LogP contribution in [0.25, 0.3) is 0 Å². The normalized spacial score (nSPS) is 28.7. The van der Waals surface area contributed by atoms with Crippen molar-refractivity contribution in [3.63, 3.8) is 0 Å². The van der Waals surface area contributed by atoms with Crippen molar-refractivity contribution < 1.29 is 39.4 Å². The second kappa shape index (κ2) is 10.6. The van der Waals surface area contributed by atoms with E-state index in [4.69, 9.17) is 19.3 Å². The summed E-state index contributed by atoms with van der Waals surface area (Å²) in [4.78, 5) is 11.7. The van der Waals surface area contributed by atoms with Gasteiger partial charge in [-0.1, -0.05) is 30.3 Å². The monoisotopic (exact) mass is 370 g/mol. The minimum Gasteiger partial charge on any atom is -0.461 e. The maximum Gasteiger partial charge on any atom is 0.306 e. The highest BCUT2D eigenvalue weighted by Crippen LogP contribution is 2.22. The number of esters is 1. The Kier molecular flexibility index (Phi) is 8.43. The van der Waals surface area contributed by atoms with E-state index in [9.17, 15) is 20.1 Å². The van der Waals surface area contributed by atoms with Gasteiger partial charge in [0.2, 0.25) is 0 Å². The second-order valence-electron chi connectivity index (χ2n) is 6.17. The van der Waals surface area contributed by atoms with Gasteiger partial charge in [-0.15, -0.1) is 0 Å². The van der Waals surface area contributed by atoms with Crippen LogP contribution in [0.4, 0.5) is 0 Å². The molecule has 1 saturated heterocycles. The van der Waals surface area contributed by atoms with Crippen LogP contribution >= 0.6 is 0 Å². The lowest BCUT2D eigenvalue weighted by molar-refractivity contribution is -0.301. The van der Waals surface area contributed by atoms with Crippen LogP contribution in [0.3, 0.4) is 0 Å². The number of hydrogen-bond acceptors (Lipinski definition) is 8. The van der Waals surface area contributed by atoms with E-state index < -0.39 is 37.3 Å². The first kappa shape index (κ1) is 20.8. The topological polar surface area (TPSA) is 126 Å². The van der Waals surface area contributed by atoms with Crippen LogP contribution in [0.1, 0.15) is 24.8 Å². The third-order valence-corrected chi connectivity index (χ3v) is 4.15. The molecule has 2 rings (SSSR count). The van der Waals surface area contributed by atoms with Crippen molar-refractivity contribution in [2.45, 2.75) is 56.6 Å². The predicted molar refractivity (Wildman–Crippen MR) is 89.8 cm³/mol. The molecule has 1 heterocycles. The van der Waals surface area contributed by atoms with Crippen LogP contribution in [0.5, 0.6) is 0 Å². The van der Waals surface area contributed by atoms with Crippen molar-refractivity contribution in [1.29, 1.82) is 0 Å². The molecule has 0 amide bonds. The summed E-state index contributed by atoms with van der Waals surface area (Å²) < 4.78 is 15.7. The van der Waals surface area contributed by atoms with E-state index in [0.717, 1.165) is 5.56 Å². The lowest BCUT2D eigenvalue weighted by Crippen LogP contribution is -2.59. The lowest BCUT2D eigenvalue weighted by Gasteiger charge is -2.39. The average Bonchev–Trinajstić information content (AvgIpc) is 2.66. The number of rotatable bonds is 9. The van der Waals surface area contributed by atoms with Gasteiger partial charge in [0.25, 0.3) is 0 Å². The minimum absolute atomic E-state index is 0.189. The highest BCUT2D eigenvalue weighted by molar-refractivity contribution is 5.69. The Hall–Kier alpha value is -1.55. The Labute approximate surface area is 151 Å². The number of aliphatic hydroxyl groups is 4. The van der Waals surface area contributed by atoms with Crippen molar-refractivity contribution in [3.8, 4) is 0 Å². The quantitative estimate of drug-likeness (QED) is 0.345. The molecule has 1 aromatic rings. The summed E-state index contributed by atoms with van der Waals surface area (Å²) in [6.45, 7) is -0.0756. The van der Waals surface area contributed by atoms with Gasteiger partial charge in [-0.05, 0) is 18.4 Å². The standard InChI is InChI=1S/C18H26O8/c19-10-13-15(21)16(22)17(23)18(26-13)24-9-5-4-8-14(20)25-11-12-6-2-1-3-7-12/h1-3,6-7,13,15-19,21-23H,4-5,8-11H2/t13?,15-,16?,17?,18-/m0/s1. The largest absolute Gasteiger partial charge is 0.461 e. The number of hydrogen-bond donors (Lipinski definition) is 4. The molecule has 1 aromatic carbocycles. The third-order valence-electron chi connectivity index (χ3n) is 4.15. The second-order valence-corrected chi connectivity index (χ2v) is 6.17. The molecule has 0 radical (unpaired) electrons. The van der Waals surface area contributed by atoms with Crippen LogP contribution in [-0.4, -0.2) is 70.3 Å². The van der Waals surface area contributed by atoms with Crippen molar-refractivity contribution in [2.24, 2.45) is 0 Å². The summed E-state index contributed by atoms with van der Waals surface area (Å²) in [6.07, 6.45) is -5.12. The van der Waals surface area contributed by atoms with Gasteiger partial charge in [-0.2, -0.15) is 0 Å². The number of ether oxygens (including phenoxy) is 3. The Bertz CT molecular complexity index is 535. The molecule has 8 heteroatoms. The van der Waals surface area contributed by atoms with Crippen molar-refractivity contribution in [1.82, 2.24) is 0 Å². The molecule has 8 nitrogen and oxygen atoms in total. The van der Waals surface area contributed by atoms with E-state index in [-0.39, 0.29) is 25.6 Å². The lowest BCUT2D eigenvalue weighted by atomic mass is 9.99. The maximum atomic E-state index is 11.7. The summed E-state index contributed by atoms with van der Waals surface area (Å²) in [7, 11) is 0. The first-order chi connectivity index (χ1) is 12.5. The zero-order chi connectivity index (χ0) is 18.9. The molecule has 0 saturated carbocycles. The van der Waals surface area contributed by atoms with Crippen LogP contribution in [0.2, 0.25) is 0 Å². The van der Waals surface area contributed by atoms with E-state index in [1.807, 2.05) is 30.3 Å². The maximum absolute atomic E-state index is 11.7. The fourth-order valence-electron chi connectivity index (χ4n) is 2.59. The van der Waals surface area contributed by atoms with E-state index in [1.54, 1.807) is 0 Å². The van der Waals surface area contributed by atoms with Crippen LogP contribution < -0.4 is 0 Å². The molecule has 146 valence electrons. The van der Waals surface area contributed by atoms with Gasteiger partial charge in [-0.3, -0.25) is 4.79 Å². The molecule has 0 aliphatic carbocycles. The molecular formula is C18H26O8. The summed E-state index contributed by atoms with van der Waals surface area (Å²) in [6, 6.07) is 9.39. The number of carbonyl (C=O) groups is 1. The Balaban J connectivity index is 1.60. The van der Waals surface area contributed by atoms with Gasteiger partial charge in [0.15, 0.2) is 6.29 Å². The minimum atomic E-state index is -1.46. The summed E-state index contributed by atoms with van der Waals surface area (Å²) in [5.41, 5.74) is 0.923. The smallest absolute Gasteiger partial charge is 0.306 e. The van der Waals surface area contributed by atoms with E-state index in [0.29, 0.717) is 12.8 Å². The predicted octanol–water partition coefficient (Wildman–Crippen LogP) is -0.283. The summed E-state index contributed by atoms with van der Waals surface area (Å²) in [5, 5.41) is 38.3. The molecule has 3 unspecified atom stereocenters. The first-order valence-electron chi connectivity index (χ1n) is 8.64. The fraction of sp³-hybridized carbons (Fsp3) is 0.611. The Morgan fingerprint density at radius 3 is 2.46 bits per heavy atom. The van der Waals surface area contributed by atoms with Crippen molar-refractivity contribution in [2.75, 3.05) is 13.2 Å². The van der Waals surface area contributed by atoms with Gasteiger partial charge < -0.3 is 34.6 Å². The zero-order valence-corrected chi connectivity index (χ0v) is 14.4. The van der Waals surface area contributed by atoms with Gasteiger partial charge in [0.1, 0.15) is 31.0 Å². The molecule has 4 N–H and O–H groups in total. The Morgan fingerprint density at radius 2 is 1.77 bits per heavy atom. The number of unbranched alkanes of at least 4 members (excludes halogenated alkanes) is 1. The first-order valence-corrected chi connectivity index (χ1v) is 8.64. The van der Waals surface area contributed by atoms with Gasteiger partial charge in [0.05, 0.1) is 6.61 Å². The van der Waals surface area contributed by atoms with E-state index in [2.05, 4.69) is 0 Å². The van der Waals surface area contributed by atoms with Crippen LogP contribution in [0.15, 0.2) is 30.3 Å². The molecular weight excluding hydrogens is 344 g/mol. The molecule has 1 aliphatic heterocycles. The van der Waals surface area contributed by atoms with Crippen molar-refractivity contribution >= 4 is 5.97 Å². The third kappa shape index (κ3) is 6.01. The van der Waals surface area contributed by atoms with Crippen LogP contribution in [-0.2, 0) is 25.6 Å². The number of benzene rings is 1. The molecule has 0 aromatic heterocycles. The van der Waals surface area contributed by atoms with Crippen molar-refractivity contribution in [3.05, 3.63) is 35.9 Å². The van der Waals surface area contributed by atoms with Gasteiger partial charge in [-0.25, -0.2) is 0 Å². The molecule has 1 fully saturated rings. The van der Waals surface area contributed by atoms with E-state index in [1.165, 1.54) is 0 Å². The summed E-state index contributed by atoms with van der Waals surface area (Å²) >= 11 is 0. The van der Waals surface area contributed by atoms with Gasteiger partial charge in [0, 0.05) is 13.0 Å². The molecule has 26 heavy (non-hydrogen) atoms. The summed E-state index contributed by atoms with van der Waals surface area (Å²) in [5.74, 6) is -0.304. The molecule has 1 aliphatic rings. The Morgan fingerprint density at radius 1 is 1.04 bits per heavy atom. The highest BCUT2D eigenvalue weighted by Gasteiger charge is 2.43. The zero-order valence-electron chi connectivity index (χ0n) is 14.4. The molecule has 0 bridgehead atoms. The fourth-order valence-corrected chi connectivity index (χ4v) is 2.59. The SMILES string of the molecule is O=C(CCCCO[C@H]1OC(CO)[C@H](O)C(O)C1O)OCc1ccccc1. The van der Waals surface area contributed by atoms with E-state index >= 15 is 0 Å².